The molecule has 30 heavy (non-hydrogen) atoms. The van der Waals surface area contributed by atoms with E-state index in [1.165, 1.54) is 0 Å². The van der Waals surface area contributed by atoms with Crippen LogP contribution in [0.3, 0.4) is 0 Å². The summed E-state index contributed by atoms with van der Waals surface area (Å²) in [6, 6.07) is 24.2. The lowest BCUT2D eigenvalue weighted by Gasteiger charge is -2.23. The molecule has 4 aromatic rings. The fraction of sp³-hybridized carbons (Fsp3) is 0.160. The standard InChI is InChI=1S/C25H26N4O/c1-27(2)22-11-13-24(14-12-22)29(19-21-6-5-15-26-21)25(30)18-20-7-9-23(10-8-20)28-16-3-4-17-28/h3-17,26H,18-19H2,1-2H3. The molecule has 0 aliphatic rings. The van der Waals surface area contributed by atoms with Crippen LogP contribution in [0, 0.1) is 0 Å². The fourth-order valence-electron chi connectivity index (χ4n) is 3.45. The number of rotatable bonds is 7. The normalized spacial score (nSPS) is 10.7. The van der Waals surface area contributed by atoms with Crippen LogP contribution in [-0.2, 0) is 17.8 Å². The molecule has 152 valence electrons. The van der Waals surface area contributed by atoms with Crippen molar-refractivity contribution in [3.05, 3.63) is 103 Å². The molecule has 0 radical (unpaired) electrons. The van der Waals surface area contributed by atoms with Crippen molar-refractivity contribution in [1.82, 2.24) is 9.55 Å². The highest BCUT2D eigenvalue weighted by atomic mass is 16.2. The van der Waals surface area contributed by atoms with Crippen molar-refractivity contribution in [3.8, 4) is 5.69 Å². The van der Waals surface area contributed by atoms with E-state index < -0.39 is 0 Å². The average molecular weight is 399 g/mol. The highest BCUT2D eigenvalue weighted by Gasteiger charge is 2.17. The van der Waals surface area contributed by atoms with Gasteiger partial charge in [-0.05, 0) is 66.2 Å². The first-order valence-electron chi connectivity index (χ1n) is 10.0. The molecular formula is C25H26N4O. The van der Waals surface area contributed by atoms with Gasteiger partial charge in [-0.15, -0.1) is 0 Å². The Balaban J connectivity index is 1.54. The van der Waals surface area contributed by atoms with E-state index in [9.17, 15) is 4.79 Å². The fourth-order valence-corrected chi connectivity index (χ4v) is 3.45. The Bertz CT molecular complexity index is 1060. The summed E-state index contributed by atoms with van der Waals surface area (Å²) in [7, 11) is 4.02. The van der Waals surface area contributed by atoms with Gasteiger partial charge in [0.25, 0.3) is 0 Å². The molecule has 2 aromatic carbocycles. The number of hydrogen-bond acceptors (Lipinski definition) is 2. The van der Waals surface area contributed by atoms with Crippen LogP contribution in [0.4, 0.5) is 11.4 Å². The van der Waals surface area contributed by atoms with Gasteiger partial charge in [0.1, 0.15) is 0 Å². The van der Waals surface area contributed by atoms with Crippen LogP contribution >= 0.6 is 0 Å². The summed E-state index contributed by atoms with van der Waals surface area (Å²) in [6.45, 7) is 0.509. The second-order valence-electron chi connectivity index (χ2n) is 7.52. The molecule has 0 unspecified atom stereocenters. The number of carbonyl (C=O) groups excluding carboxylic acids is 1. The van der Waals surface area contributed by atoms with Crippen molar-refractivity contribution in [2.75, 3.05) is 23.9 Å². The van der Waals surface area contributed by atoms with E-state index in [1.54, 1.807) is 0 Å². The molecule has 0 fully saturated rings. The van der Waals surface area contributed by atoms with Crippen molar-refractivity contribution in [2.45, 2.75) is 13.0 Å². The molecule has 0 bridgehead atoms. The van der Waals surface area contributed by atoms with E-state index in [0.717, 1.165) is 28.3 Å². The zero-order valence-corrected chi connectivity index (χ0v) is 17.3. The Hall–Kier alpha value is -3.73. The summed E-state index contributed by atoms with van der Waals surface area (Å²) in [5.74, 6) is 0.0657. The number of aromatic amines is 1. The number of nitrogens with one attached hydrogen (secondary N) is 1. The summed E-state index contributed by atoms with van der Waals surface area (Å²) in [5.41, 5.74) is 5.08. The first-order chi connectivity index (χ1) is 14.6. The summed E-state index contributed by atoms with van der Waals surface area (Å²) in [5, 5.41) is 0. The van der Waals surface area contributed by atoms with Crippen molar-refractivity contribution in [2.24, 2.45) is 0 Å². The predicted octanol–water partition coefficient (Wildman–Crippen LogP) is 4.65. The monoisotopic (exact) mass is 398 g/mol. The minimum atomic E-state index is 0.0657. The van der Waals surface area contributed by atoms with Gasteiger partial charge >= 0.3 is 0 Å². The minimum absolute atomic E-state index is 0.0657. The Morgan fingerprint density at radius 2 is 1.53 bits per heavy atom. The number of H-pyrrole nitrogens is 1. The molecule has 2 aromatic heterocycles. The summed E-state index contributed by atoms with van der Waals surface area (Å²) in [4.78, 5) is 20.4. The molecule has 0 atom stereocenters. The van der Waals surface area contributed by atoms with E-state index in [-0.39, 0.29) is 5.91 Å². The van der Waals surface area contributed by atoms with Gasteiger partial charge in [0.15, 0.2) is 0 Å². The molecule has 1 N–H and O–H groups in total. The van der Waals surface area contributed by atoms with E-state index in [2.05, 4.69) is 9.55 Å². The van der Waals surface area contributed by atoms with Crippen LogP contribution in [0.25, 0.3) is 5.69 Å². The van der Waals surface area contributed by atoms with Gasteiger partial charge in [-0.2, -0.15) is 0 Å². The zero-order valence-electron chi connectivity index (χ0n) is 17.3. The molecule has 5 nitrogen and oxygen atoms in total. The van der Waals surface area contributed by atoms with Crippen molar-refractivity contribution in [1.29, 1.82) is 0 Å². The molecule has 4 rings (SSSR count). The van der Waals surface area contributed by atoms with Gasteiger partial charge in [-0.1, -0.05) is 12.1 Å². The van der Waals surface area contributed by atoms with Gasteiger partial charge < -0.3 is 19.4 Å². The SMILES string of the molecule is CN(C)c1ccc(N(Cc2ccc[nH]2)C(=O)Cc2ccc(-n3cccc3)cc2)cc1. The number of aromatic nitrogens is 2. The van der Waals surface area contributed by atoms with Crippen molar-refractivity contribution >= 4 is 17.3 Å². The lowest BCUT2D eigenvalue weighted by molar-refractivity contribution is -0.118. The number of amides is 1. The smallest absolute Gasteiger partial charge is 0.231 e. The second-order valence-corrected chi connectivity index (χ2v) is 7.52. The minimum Gasteiger partial charge on any atom is -0.378 e. The van der Waals surface area contributed by atoms with E-state index in [4.69, 9.17) is 0 Å². The van der Waals surface area contributed by atoms with E-state index in [0.29, 0.717) is 13.0 Å². The molecule has 5 heteroatoms. The third kappa shape index (κ3) is 4.46. The number of anilines is 2. The van der Waals surface area contributed by atoms with Gasteiger partial charge in [-0.3, -0.25) is 4.79 Å². The topological polar surface area (TPSA) is 44.3 Å². The molecule has 0 aliphatic carbocycles. The van der Waals surface area contributed by atoms with Gasteiger partial charge in [0.2, 0.25) is 5.91 Å². The number of hydrogen-bond donors (Lipinski definition) is 1. The highest BCUT2D eigenvalue weighted by Crippen LogP contribution is 2.22. The van der Waals surface area contributed by atoms with Crippen LogP contribution in [0.15, 0.2) is 91.4 Å². The lowest BCUT2D eigenvalue weighted by Crippen LogP contribution is -2.32. The van der Waals surface area contributed by atoms with Crippen LogP contribution in [0.2, 0.25) is 0 Å². The maximum absolute atomic E-state index is 13.3. The quantitative estimate of drug-likeness (QED) is 0.493. The van der Waals surface area contributed by atoms with Gasteiger partial charge in [-0.25, -0.2) is 0 Å². The summed E-state index contributed by atoms with van der Waals surface area (Å²) in [6.07, 6.45) is 6.25. The summed E-state index contributed by atoms with van der Waals surface area (Å²) < 4.78 is 2.05. The maximum Gasteiger partial charge on any atom is 0.231 e. The molecule has 0 aliphatic heterocycles. The Labute approximate surface area is 177 Å². The molecule has 2 heterocycles. The maximum atomic E-state index is 13.3. The molecule has 0 spiro atoms. The van der Waals surface area contributed by atoms with Crippen LogP contribution < -0.4 is 9.80 Å². The van der Waals surface area contributed by atoms with Crippen molar-refractivity contribution < 1.29 is 4.79 Å². The van der Waals surface area contributed by atoms with Crippen molar-refractivity contribution in [3.63, 3.8) is 0 Å². The first-order valence-corrected chi connectivity index (χ1v) is 10.0. The largest absolute Gasteiger partial charge is 0.378 e. The van der Waals surface area contributed by atoms with E-state index >= 15 is 0 Å². The average Bonchev–Trinajstić information content (AvgIpc) is 3.47. The van der Waals surface area contributed by atoms with Gasteiger partial charge in [0.05, 0.1) is 13.0 Å². The summed E-state index contributed by atoms with van der Waals surface area (Å²) >= 11 is 0. The first kappa shape index (κ1) is 19.6. The van der Waals surface area contributed by atoms with Crippen LogP contribution in [0.1, 0.15) is 11.3 Å². The van der Waals surface area contributed by atoms with E-state index in [1.807, 2.05) is 115 Å². The predicted molar refractivity (Wildman–Crippen MR) is 122 cm³/mol. The molecule has 0 saturated carbocycles. The number of carbonyl (C=O) groups is 1. The third-order valence-corrected chi connectivity index (χ3v) is 5.16. The van der Waals surface area contributed by atoms with Crippen LogP contribution in [0.5, 0.6) is 0 Å². The lowest BCUT2D eigenvalue weighted by atomic mass is 10.1. The Morgan fingerprint density at radius 3 is 2.13 bits per heavy atom. The molecular weight excluding hydrogens is 372 g/mol. The van der Waals surface area contributed by atoms with Crippen LogP contribution in [-0.4, -0.2) is 29.6 Å². The highest BCUT2D eigenvalue weighted by molar-refractivity contribution is 5.94. The molecule has 1 amide bonds. The second kappa shape index (κ2) is 8.74. The Morgan fingerprint density at radius 1 is 0.867 bits per heavy atom. The Kier molecular flexibility index (Phi) is 5.70. The number of benzene rings is 2. The molecule has 0 saturated heterocycles. The zero-order chi connectivity index (χ0) is 20.9. The third-order valence-electron chi connectivity index (χ3n) is 5.16. The van der Waals surface area contributed by atoms with Gasteiger partial charge in [0, 0.05) is 55.4 Å². The number of nitrogens with zero attached hydrogens (tertiary/aromatic N) is 3.